The minimum absolute atomic E-state index is 0.117. The van der Waals surface area contributed by atoms with Crippen LogP contribution >= 0.6 is 11.3 Å². The predicted molar refractivity (Wildman–Crippen MR) is 121 cm³/mol. The second-order valence-corrected chi connectivity index (χ2v) is 8.37. The summed E-state index contributed by atoms with van der Waals surface area (Å²) < 4.78 is 5.27. The summed E-state index contributed by atoms with van der Waals surface area (Å²) >= 11 is 1.47. The molecule has 9 nitrogen and oxygen atoms in total. The second kappa shape index (κ2) is 9.80. The maximum absolute atomic E-state index is 11.6. The van der Waals surface area contributed by atoms with Gasteiger partial charge in [-0.05, 0) is 43.9 Å². The summed E-state index contributed by atoms with van der Waals surface area (Å²) in [6.07, 6.45) is 6.84. The van der Waals surface area contributed by atoms with E-state index in [1.807, 2.05) is 18.2 Å². The highest BCUT2D eigenvalue weighted by Gasteiger charge is 2.23. The highest BCUT2D eigenvalue weighted by Crippen LogP contribution is 2.27. The zero-order valence-electron chi connectivity index (χ0n) is 17.3. The number of nitrogens with one attached hydrogen (secondary N) is 3. The van der Waals surface area contributed by atoms with Crippen molar-refractivity contribution >= 4 is 44.5 Å². The van der Waals surface area contributed by atoms with Crippen molar-refractivity contribution < 1.29 is 9.53 Å². The van der Waals surface area contributed by atoms with Crippen LogP contribution in [0.1, 0.15) is 31.4 Å². The minimum atomic E-state index is -0.138. The third kappa shape index (κ3) is 5.53. The Labute approximate surface area is 184 Å². The number of methoxy groups -OCH3 is 1. The Morgan fingerprint density at radius 1 is 1.32 bits per heavy atom. The fourth-order valence-corrected chi connectivity index (χ4v) is 4.49. The molecule has 3 heterocycles. The lowest BCUT2D eigenvalue weighted by Crippen LogP contribution is -2.41. The molecule has 3 aromatic heterocycles. The Morgan fingerprint density at radius 2 is 2.19 bits per heavy atom. The maximum atomic E-state index is 11.6. The van der Waals surface area contributed by atoms with Crippen molar-refractivity contribution in [1.82, 2.24) is 25.3 Å². The lowest BCUT2D eigenvalue weighted by molar-refractivity contribution is -0.117. The maximum Gasteiger partial charge on any atom is 0.243 e. The number of fused-ring (bicyclic) bond motifs is 1. The fourth-order valence-electron chi connectivity index (χ4n) is 3.68. The average Bonchev–Trinajstić information content (AvgIpc) is 3.16. The van der Waals surface area contributed by atoms with Gasteiger partial charge < -0.3 is 20.7 Å². The van der Waals surface area contributed by atoms with Gasteiger partial charge in [-0.2, -0.15) is 4.98 Å². The molecule has 162 valence electrons. The van der Waals surface area contributed by atoms with Crippen molar-refractivity contribution in [3.63, 3.8) is 0 Å². The van der Waals surface area contributed by atoms with E-state index in [0.717, 1.165) is 41.7 Å². The summed E-state index contributed by atoms with van der Waals surface area (Å²) in [5.74, 6) is 1.02. The van der Waals surface area contributed by atoms with Crippen LogP contribution < -0.4 is 16.0 Å². The lowest BCUT2D eigenvalue weighted by Gasteiger charge is -2.30. The molecule has 3 aromatic rings. The van der Waals surface area contributed by atoms with Crippen molar-refractivity contribution in [1.29, 1.82) is 0 Å². The zero-order chi connectivity index (χ0) is 21.6. The number of hydrogen-bond donors (Lipinski definition) is 3. The van der Waals surface area contributed by atoms with Crippen LogP contribution in [0.3, 0.4) is 0 Å². The number of hydrogen-bond acceptors (Lipinski definition) is 9. The molecule has 31 heavy (non-hydrogen) atoms. The average molecular weight is 440 g/mol. The summed E-state index contributed by atoms with van der Waals surface area (Å²) in [5, 5.41) is 10.4. The van der Waals surface area contributed by atoms with Gasteiger partial charge in [0.1, 0.15) is 16.2 Å². The molecule has 1 saturated carbocycles. The third-order valence-electron chi connectivity index (χ3n) is 5.01. The number of amides is 1. The molecule has 1 fully saturated rings. The summed E-state index contributed by atoms with van der Waals surface area (Å²) in [5.41, 5.74) is 1.60. The molecule has 10 heteroatoms. The molecule has 0 unspecified atom stereocenters. The number of carbonyl (C=O) groups excluding carboxylic acids is 1. The number of carbonyl (C=O) groups is 1. The Kier molecular flexibility index (Phi) is 6.68. The van der Waals surface area contributed by atoms with Crippen LogP contribution in [0.25, 0.3) is 10.3 Å². The lowest BCUT2D eigenvalue weighted by atomic mass is 9.91. The van der Waals surface area contributed by atoms with Crippen LogP contribution in [-0.2, 0) is 16.1 Å². The van der Waals surface area contributed by atoms with E-state index >= 15 is 0 Å². The van der Waals surface area contributed by atoms with Gasteiger partial charge in [0.25, 0.3) is 0 Å². The summed E-state index contributed by atoms with van der Waals surface area (Å²) in [6, 6.07) is 5.93. The van der Waals surface area contributed by atoms with Crippen molar-refractivity contribution in [3.8, 4) is 0 Å². The van der Waals surface area contributed by atoms with E-state index in [0.29, 0.717) is 23.5 Å². The Bertz CT molecular complexity index is 1040. The molecule has 0 aliphatic heterocycles. The van der Waals surface area contributed by atoms with Crippen molar-refractivity contribution in [2.24, 2.45) is 0 Å². The number of aromatic nitrogens is 4. The van der Waals surface area contributed by atoms with Crippen LogP contribution in [0.2, 0.25) is 0 Å². The Morgan fingerprint density at radius 3 is 3.00 bits per heavy atom. The molecule has 2 atom stereocenters. The quantitative estimate of drug-likeness (QED) is 0.458. The molecule has 1 aliphatic rings. The van der Waals surface area contributed by atoms with E-state index in [1.165, 1.54) is 17.4 Å². The number of pyridine rings is 1. The topological polar surface area (TPSA) is 114 Å². The summed E-state index contributed by atoms with van der Waals surface area (Å²) in [6.45, 7) is 3.89. The molecular formula is C21H25N7O2S. The van der Waals surface area contributed by atoms with Crippen molar-refractivity contribution in [2.75, 3.05) is 17.7 Å². The van der Waals surface area contributed by atoms with Gasteiger partial charge in [0.15, 0.2) is 5.13 Å². The standard InChI is InChI=1S/C21H25N7O2S/c1-3-18(29)23-13-6-4-7-14(10-13)24-20-25-15(12-30-2)11-17(27-20)28-21-26-16-8-5-9-22-19(16)31-21/h3,5,8-9,11,13-14H,1,4,6-7,10,12H2,2H3,(H,23,29)(H2,24,25,26,27,28)/t13-,14-/m1/s1. The van der Waals surface area contributed by atoms with E-state index in [9.17, 15) is 4.79 Å². The van der Waals surface area contributed by atoms with Crippen molar-refractivity contribution in [2.45, 2.75) is 44.4 Å². The predicted octanol–water partition coefficient (Wildman–Crippen LogP) is 3.40. The first-order valence-electron chi connectivity index (χ1n) is 10.2. The molecule has 0 saturated heterocycles. The first kappa shape index (κ1) is 21.1. The van der Waals surface area contributed by atoms with Crippen LogP contribution in [0.5, 0.6) is 0 Å². The molecule has 4 rings (SSSR count). The minimum Gasteiger partial charge on any atom is -0.378 e. The summed E-state index contributed by atoms with van der Waals surface area (Å²) in [4.78, 5) is 30.6. The number of ether oxygens (including phenoxy) is 1. The van der Waals surface area contributed by atoms with Gasteiger partial charge in [-0.1, -0.05) is 17.9 Å². The molecule has 0 spiro atoms. The van der Waals surface area contributed by atoms with E-state index in [1.54, 1.807) is 13.3 Å². The molecular weight excluding hydrogens is 414 g/mol. The van der Waals surface area contributed by atoms with Gasteiger partial charge in [0.05, 0.1) is 12.3 Å². The number of anilines is 3. The number of thiazole rings is 1. The van der Waals surface area contributed by atoms with Crippen LogP contribution in [0, 0.1) is 0 Å². The SMILES string of the molecule is C=CC(=O)N[C@@H]1CCC[C@@H](Nc2nc(COC)cc(Nc3nc4cccnc4s3)n2)C1. The van der Waals surface area contributed by atoms with Crippen LogP contribution in [-0.4, -0.2) is 45.0 Å². The van der Waals surface area contributed by atoms with E-state index < -0.39 is 0 Å². The third-order valence-corrected chi connectivity index (χ3v) is 5.91. The summed E-state index contributed by atoms with van der Waals surface area (Å²) in [7, 11) is 1.63. The van der Waals surface area contributed by atoms with Gasteiger partial charge in [-0.3, -0.25) is 4.79 Å². The molecule has 1 aliphatic carbocycles. The molecule has 0 bridgehead atoms. The normalized spacial score (nSPS) is 18.5. The smallest absolute Gasteiger partial charge is 0.243 e. The highest BCUT2D eigenvalue weighted by atomic mass is 32.1. The van der Waals surface area contributed by atoms with E-state index in [4.69, 9.17) is 4.74 Å². The molecule has 0 aromatic carbocycles. The van der Waals surface area contributed by atoms with Crippen molar-refractivity contribution in [3.05, 3.63) is 42.7 Å². The molecule has 0 radical (unpaired) electrons. The first-order chi connectivity index (χ1) is 15.1. The van der Waals surface area contributed by atoms with Gasteiger partial charge in [0.2, 0.25) is 11.9 Å². The largest absolute Gasteiger partial charge is 0.378 e. The van der Waals surface area contributed by atoms with Gasteiger partial charge in [-0.15, -0.1) is 0 Å². The number of nitrogens with zero attached hydrogens (tertiary/aromatic N) is 4. The Balaban J connectivity index is 1.50. The van der Waals surface area contributed by atoms with Gasteiger partial charge in [0, 0.05) is 31.5 Å². The van der Waals surface area contributed by atoms with Crippen LogP contribution in [0.4, 0.5) is 16.9 Å². The molecule has 3 N–H and O–H groups in total. The number of rotatable bonds is 8. The fraction of sp³-hybridized carbons (Fsp3) is 0.381. The highest BCUT2D eigenvalue weighted by molar-refractivity contribution is 7.21. The zero-order valence-corrected chi connectivity index (χ0v) is 18.1. The first-order valence-corrected chi connectivity index (χ1v) is 11.0. The second-order valence-electron chi connectivity index (χ2n) is 7.39. The Hall–Kier alpha value is -3.11. The monoisotopic (exact) mass is 439 g/mol. The molecule has 1 amide bonds. The van der Waals surface area contributed by atoms with Gasteiger partial charge >= 0.3 is 0 Å². The van der Waals surface area contributed by atoms with E-state index in [2.05, 4.69) is 42.5 Å². The van der Waals surface area contributed by atoms with Crippen LogP contribution in [0.15, 0.2) is 37.1 Å². The van der Waals surface area contributed by atoms with E-state index in [-0.39, 0.29) is 18.0 Å². The van der Waals surface area contributed by atoms with Gasteiger partial charge in [-0.25, -0.2) is 15.0 Å².